The molecular formula is C31H33FN4O2. The molecule has 1 aliphatic heterocycles. The number of aromatic nitrogens is 1. The number of fused-ring (bicyclic) bond motifs is 1. The largest absolute Gasteiger partial charge is 0.361 e. The molecule has 2 amide bonds. The van der Waals surface area contributed by atoms with Gasteiger partial charge >= 0.3 is 0 Å². The Morgan fingerprint density at radius 3 is 2.37 bits per heavy atom. The van der Waals surface area contributed by atoms with Crippen molar-refractivity contribution in [3.8, 4) is 0 Å². The van der Waals surface area contributed by atoms with Crippen LogP contribution < -0.4 is 10.6 Å². The van der Waals surface area contributed by atoms with Crippen LogP contribution in [0.3, 0.4) is 0 Å². The molecule has 0 unspecified atom stereocenters. The molecule has 1 aliphatic rings. The van der Waals surface area contributed by atoms with Gasteiger partial charge < -0.3 is 20.5 Å². The summed E-state index contributed by atoms with van der Waals surface area (Å²) in [5, 5.41) is 7.19. The number of rotatable bonds is 9. The lowest BCUT2D eigenvalue weighted by molar-refractivity contribution is -0.129. The molecule has 196 valence electrons. The average molecular weight is 513 g/mol. The van der Waals surface area contributed by atoms with Crippen molar-refractivity contribution in [3.63, 3.8) is 0 Å². The Kier molecular flexibility index (Phi) is 8.14. The molecule has 3 aromatic carbocycles. The summed E-state index contributed by atoms with van der Waals surface area (Å²) in [7, 11) is 0. The van der Waals surface area contributed by atoms with Gasteiger partial charge in [0.15, 0.2) is 0 Å². The first-order valence-corrected chi connectivity index (χ1v) is 13.2. The van der Waals surface area contributed by atoms with Gasteiger partial charge in [-0.1, -0.05) is 48.5 Å². The molecule has 0 bridgehead atoms. The maximum absolute atomic E-state index is 13.3. The molecule has 0 saturated carbocycles. The van der Waals surface area contributed by atoms with E-state index in [4.69, 9.17) is 0 Å². The van der Waals surface area contributed by atoms with Crippen molar-refractivity contribution in [2.24, 2.45) is 11.8 Å². The Hall–Kier alpha value is -3.97. The molecule has 2 atom stereocenters. The van der Waals surface area contributed by atoms with E-state index in [2.05, 4.69) is 38.7 Å². The number of likely N-dealkylation sites (tertiary alicyclic amines) is 1. The lowest BCUT2D eigenvalue weighted by Gasteiger charge is -2.36. The summed E-state index contributed by atoms with van der Waals surface area (Å²) in [4.78, 5) is 31.9. The molecule has 1 saturated heterocycles. The van der Waals surface area contributed by atoms with Gasteiger partial charge in [0.25, 0.3) is 0 Å². The van der Waals surface area contributed by atoms with Crippen LogP contribution in [-0.4, -0.2) is 47.9 Å². The van der Waals surface area contributed by atoms with Crippen LogP contribution in [0.15, 0.2) is 85.1 Å². The Morgan fingerprint density at radius 1 is 0.868 bits per heavy atom. The lowest BCUT2D eigenvalue weighted by atomic mass is 9.87. The van der Waals surface area contributed by atoms with Crippen molar-refractivity contribution < 1.29 is 14.0 Å². The highest BCUT2D eigenvalue weighted by molar-refractivity contribution is 5.93. The van der Waals surface area contributed by atoms with E-state index in [9.17, 15) is 14.0 Å². The van der Waals surface area contributed by atoms with Gasteiger partial charge in [-0.05, 0) is 60.7 Å². The van der Waals surface area contributed by atoms with Gasteiger partial charge in [-0.3, -0.25) is 9.59 Å². The summed E-state index contributed by atoms with van der Waals surface area (Å²) in [6, 6.07) is 24.1. The minimum Gasteiger partial charge on any atom is -0.361 e. The van der Waals surface area contributed by atoms with Gasteiger partial charge in [-0.15, -0.1) is 0 Å². The second-order valence-electron chi connectivity index (χ2n) is 10.0. The quantitative estimate of drug-likeness (QED) is 0.302. The minimum atomic E-state index is -0.350. The highest BCUT2D eigenvalue weighted by Gasteiger charge is 2.35. The topological polar surface area (TPSA) is 77.2 Å². The predicted octanol–water partition coefficient (Wildman–Crippen LogP) is 4.79. The molecule has 0 spiro atoms. The number of carbonyl (C=O) groups excluding carboxylic acids is 2. The van der Waals surface area contributed by atoms with Crippen LogP contribution in [0.2, 0.25) is 0 Å². The van der Waals surface area contributed by atoms with Crippen LogP contribution in [0.1, 0.15) is 17.5 Å². The highest BCUT2D eigenvalue weighted by Crippen LogP contribution is 2.25. The van der Waals surface area contributed by atoms with Crippen LogP contribution in [0.5, 0.6) is 0 Å². The third-order valence-electron chi connectivity index (χ3n) is 7.31. The number of carbonyl (C=O) groups is 2. The van der Waals surface area contributed by atoms with Crippen molar-refractivity contribution in [1.82, 2.24) is 15.2 Å². The number of aromatic amines is 1. The molecule has 38 heavy (non-hydrogen) atoms. The van der Waals surface area contributed by atoms with Crippen LogP contribution in [0.25, 0.3) is 10.9 Å². The van der Waals surface area contributed by atoms with E-state index in [1.165, 1.54) is 28.6 Å². The Bertz CT molecular complexity index is 1370. The minimum absolute atomic E-state index is 0.0196. The van der Waals surface area contributed by atoms with Crippen LogP contribution in [-0.2, 0) is 22.4 Å². The van der Waals surface area contributed by atoms with Crippen molar-refractivity contribution in [1.29, 1.82) is 0 Å². The molecule has 6 nitrogen and oxygen atoms in total. The second kappa shape index (κ2) is 12.0. The van der Waals surface area contributed by atoms with Crippen LogP contribution in [0.4, 0.5) is 10.1 Å². The molecule has 0 aliphatic carbocycles. The van der Waals surface area contributed by atoms with Gasteiger partial charge in [0, 0.05) is 49.0 Å². The number of nitrogens with zero attached hydrogens (tertiary/aromatic N) is 1. The number of hydrogen-bond donors (Lipinski definition) is 3. The summed E-state index contributed by atoms with van der Waals surface area (Å²) in [5.74, 6) is -1.14. The summed E-state index contributed by atoms with van der Waals surface area (Å²) >= 11 is 0. The normalized spacial score (nSPS) is 17.8. The third-order valence-corrected chi connectivity index (χ3v) is 7.31. The summed E-state index contributed by atoms with van der Waals surface area (Å²) in [6.45, 7) is 2.50. The molecule has 2 heterocycles. The smallest absolute Gasteiger partial charge is 0.228 e. The molecule has 5 rings (SSSR count). The number of amides is 2. The number of halogens is 1. The Balaban J connectivity index is 1.22. The monoisotopic (exact) mass is 512 g/mol. The van der Waals surface area contributed by atoms with E-state index in [1.54, 1.807) is 12.1 Å². The highest BCUT2D eigenvalue weighted by atomic mass is 19.1. The second-order valence-corrected chi connectivity index (χ2v) is 10.0. The van der Waals surface area contributed by atoms with Crippen LogP contribution >= 0.6 is 0 Å². The zero-order valence-corrected chi connectivity index (χ0v) is 21.3. The first-order chi connectivity index (χ1) is 18.5. The van der Waals surface area contributed by atoms with E-state index in [0.29, 0.717) is 31.7 Å². The number of piperidine rings is 1. The number of anilines is 1. The summed E-state index contributed by atoms with van der Waals surface area (Å²) < 4.78 is 13.3. The SMILES string of the molecule is O=C(NCCc1c[nH]c2ccccc12)[C@H]1C[C@@H](C(=O)Nc2ccc(F)cc2)CN(CCc2ccccc2)C1. The molecule has 7 heteroatoms. The van der Waals surface area contributed by atoms with Gasteiger partial charge in [0.2, 0.25) is 11.8 Å². The fourth-order valence-corrected chi connectivity index (χ4v) is 5.27. The first-order valence-electron chi connectivity index (χ1n) is 13.2. The third kappa shape index (κ3) is 6.47. The van der Waals surface area contributed by atoms with E-state index < -0.39 is 0 Å². The van der Waals surface area contributed by atoms with E-state index in [1.807, 2.05) is 42.6 Å². The average Bonchev–Trinajstić information content (AvgIpc) is 3.36. The molecule has 0 radical (unpaired) electrons. The van der Waals surface area contributed by atoms with E-state index in [-0.39, 0.29) is 29.5 Å². The Morgan fingerprint density at radius 2 is 1.58 bits per heavy atom. The van der Waals surface area contributed by atoms with Gasteiger partial charge in [-0.2, -0.15) is 0 Å². The van der Waals surface area contributed by atoms with Gasteiger partial charge in [-0.25, -0.2) is 4.39 Å². The fourth-order valence-electron chi connectivity index (χ4n) is 5.27. The van der Waals surface area contributed by atoms with Crippen molar-refractivity contribution >= 4 is 28.4 Å². The van der Waals surface area contributed by atoms with Gasteiger partial charge in [0.1, 0.15) is 5.82 Å². The number of hydrogen-bond acceptors (Lipinski definition) is 3. The number of nitrogens with one attached hydrogen (secondary N) is 3. The zero-order chi connectivity index (χ0) is 26.3. The van der Waals surface area contributed by atoms with Crippen molar-refractivity contribution in [3.05, 3.63) is 102 Å². The molecule has 4 aromatic rings. The molecule has 1 aromatic heterocycles. The maximum atomic E-state index is 13.3. The lowest BCUT2D eigenvalue weighted by Crippen LogP contribution is -2.49. The molecular weight excluding hydrogens is 479 g/mol. The van der Waals surface area contributed by atoms with Crippen molar-refractivity contribution in [2.45, 2.75) is 19.3 Å². The number of benzene rings is 3. The van der Waals surface area contributed by atoms with Crippen molar-refractivity contribution in [2.75, 3.05) is 31.5 Å². The number of H-pyrrole nitrogens is 1. The number of para-hydroxylation sites is 1. The zero-order valence-electron chi connectivity index (χ0n) is 21.3. The summed E-state index contributed by atoms with van der Waals surface area (Å²) in [5.41, 5.74) is 4.04. The molecule has 1 fully saturated rings. The fraction of sp³-hybridized carbons (Fsp3) is 0.290. The molecule has 3 N–H and O–H groups in total. The maximum Gasteiger partial charge on any atom is 0.228 e. The Labute approximate surface area is 222 Å². The first kappa shape index (κ1) is 25.7. The standard InChI is InChI=1S/C31H33FN4O2/c32-26-10-12-27(13-11-26)35-31(38)25-18-24(20-36(21-25)17-15-22-6-2-1-3-7-22)30(37)33-16-14-23-19-34-29-9-5-4-8-28(23)29/h1-13,19,24-25,34H,14-18,20-21H2,(H,33,37)(H,35,38)/t24-,25+/m0/s1. The van der Waals surface area contributed by atoms with E-state index in [0.717, 1.165) is 24.9 Å². The predicted molar refractivity (Wildman–Crippen MR) is 148 cm³/mol. The summed E-state index contributed by atoms with van der Waals surface area (Å²) in [6.07, 6.45) is 4.06. The van der Waals surface area contributed by atoms with Crippen LogP contribution in [0, 0.1) is 17.7 Å². The van der Waals surface area contributed by atoms with Gasteiger partial charge in [0.05, 0.1) is 11.8 Å². The van der Waals surface area contributed by atoms with E-state index >= 15 is 0 Å².